The smallest absolute Gasteiger partial charge is 0.253 e. The number of anilines is 1. The van der Waals surface area contributed by atoms with Gasteiger partial charge in [0, 0.05) is 19.3 Å². The van der Waals surface area contributed by atoms with Gasteiger partial charge in [0.05, 0.1) is 17.2 Å². The SMILES string of the molecule is CNC(=O)c1ccccc1NCc1ccc(C#N)cc1. The highest BCUT2D eigenvalue weighted by Gasteiger charge is 2.08. The molecule has 1 amide bonds. The molecule has 0 saturated heterocycles. The zero-order valence-electron chi connectivity index (χ0n) is 11.2. The topological polar surface area (TPSA) is 64.9 Å². The van der Waals surface area contributed by atoms with Crippen LogP contribution in [0.2, 0.25) is 0 Å². The van der Waals surface area contributed by atoms with E-state index in [0.29, 0.717) is 17.7 Å². The van der Waals surface area contributed by atoms with E-state index in [9.17, 15) is 4.79 Å². The zero-order chi connectivity index (χ0) is 14.4. The Morgan fingerprint density at radius 1 is 1.15 bits per heavy atom. The number of rotatable bonds is 4. The quantitative estimate of drug-likeness (QED) is 0.892. The van der Waals surface area contributed by atoms with Crippen molar-refractivity contribution in [2.24, 2.45) is 0 Å². The second-order valence-electron chi connectivity index (χ2n) is 4.29. The maximum absolute atomic E-state index is 11.7. The van der Waals surface area contributed by atoms with Crippen LogP contribution in [-0.2, 0) is 6.54 Å². The molecular weight excluding hydrogens is 250 g/mol. The molecule has 2 N–H and O–H groups in total. The van der Waals surface area contributed by atoms with Crippen LogP contribution in [0.25, 0.3) is 0 Å². The molecule has 0 atom stereocenters. The lowest BCUT2D eigenvalue weighted by molar-refractivity contribution is 0.0964. The van der Waals surface area contributed by atoms with Gasteiger partial charge in [0.1, 0.15) is 0 Å². The van der Waals surface area contributed by atoms with Crippen LogP contribution in [0, 0.1) is 11.3 Å². The number of hydrogen-bond donors (Lipinski definition) is 2. The first-order chi connectivity index (χ1) is 9.74. The van der Waals surface area contributed by atoms with Gasteiger partial charge in [-0.05, 0) is 29.8 Å². The van der Waals surface area contributed by atoms with E-state index >= 15 is 0 Å². The van der Waals surface area contributed by atoms with E-state index in [4.69, 9.17) is 5.26 Å². The molecule has 0 spiro atoms. The van der Waals surface area contributed by atoms with E-state index in [1.807, 2.05) is 30.3 Å². The van der Waals surface area contributed by atoms with Gasteiger partial charge in [0.25, 0.3) is 5.91 Å². The first-order valence-corrected chi connectivity index (χ1v) is 6.28. The van der Waals surface area contributed by atoms with Gasteiger partial charge in [-0.25, -0.2) is 0 Å². The van der Waals surface area contributed by atoms with Crippen LogP contribution in [0.4, 0.5) is 5.69 Å². The number of amides is 1. The van der Waals surface area contributed by atoms with Crippen LogP contribution >= 0.6 is 0 Å². The summed E-state index contributed by atoms with van der Waals surface area (Å²) in [4.78, 5) is 11.7. The number of nitrogens with one attached hydrogen (secondary N) is 2. The Balaban J connectivity index is 2.10. The molecule has 0 radical (unpaired) electrons. The average Bonchev–Trinajstić information content (AvgIpc) is 2.53. The van der Waals surface area contributed by atoms with Crippen molar-refractivity contribution in [3.63, 3.8) is 0 Å². The maximum Gasteiger partial charge on any atom is 0.253 e. The van der Waals surface area contributed by atoms with Crippen LogP contribution in [0.1, 0.15) is 21.5 Å². The molecule has 0 saturated carbocycles. The summed E-state index contributed by atoms with van der Waals surface area (Å²) < 4.78 is 0. The lowest BCUT2D eigenvalue weighted by Gasteiger charge is -2.11. The zero-order valence-corrected chi connectivity index (χ0v) is 11.2. The van der Waals surface area contributed by atoms with Crippen molar-refractivity contribution in [2.45, 2.75) is 6.54 Å². The van der Waals surface area contributed by atoms with Gasteiger partial charge in [-0.3, -0.25) is 4.79 Å². The summed E-state index contributed by atoms with van der Waals surface area (Å²) in [6, 6.07) is 16.8. The predicted octanol–water partition coefficient (Wildman–Crippen LogP) is 2.53. The molecule has 0 aliphatic heterocycles. The van der Waals surface area contributed by atoms with E-state index in [-0.39, 0.29) is 5.91 Å². The molecule has 0 fully saturated rings. The van der Waals surface area contributed by atoms with Gasteiger partial charge < -0.3 is 10.6 Å². The Hall–Kier alpha value is -2.80. The van der Waals surface area contributed by atoms with Crippen molar-refractivity contribution >= 4 is 11.6 Å². The van der Waals surface area contributed by atoms with E-state index < -0.39 is 0 Å². The summed E-state index contributed by atoms with van der Waals surface area (Å²) >= 11 is 0. The number of carbonyl (C=O) groups excluding carboxylic acids is 1. The number of nitrogens with zero attached hydrogens (tertiary/aromatic N) is 1. The highest BCUT2D eigenvalue weighted by Crippen LogP contribution is 2.16. The van der Waals surface area contributed by atoms with Crippen molar-refractivity contribution in [3.05, 3.63) is 65.2 Å². The van der Waals surface area contributed by atoms with Crippen LogP contribution in [-0.4, -0.2) is 13.0 Å². The molecule has 4 nitrogen and oxygen atoms in total. The molecule has 0 unspecified atom stereocenters. The fraction of sp³-hybridized carbons (Fsp3) is 0.125. The second kappa shape index (κ2) is 6.39. The molecule has 0 bridgehead atoms. The average molecular weight is 265 g/mol. The molecule has 2 rings (SSSR count). The lowest BCUT2D eigenvalue weighted by Crippen LogP contribution is -2.19. The van der Waals surface area contributed by atoms with Crippen LogP contribution < -0.4 is 10.6 Å². The number of carbonyl (C=O) groups is 1. The summed E-state index contributed by atoms with van der Waals surface area (Å²) in [6.45, 7) is 0.597. The van der Waals surface area contributed by atoms with E-state index in [1.54, 1.807) is 25.2 Å². The Morgan fingerprint density at radius 2 is 1.85 bits per heavy atom. The molecule has 0 heterocycles. The molecule has 4 heteroatoms. The minimum absolute atomic E-state index is 0.118. The van der Waals surface area contributed by atoms with Crippen LogP contribution in [0.5, 0.6) is 0 Å². The summed E-state index contributed by atoms with van der Waals surface area (Å²) in [5.41, 5.74) is 3.09. The molecule has 2 aromatic carbocycles. The molecule has 20 heavy (non-hydrogen) atoms. The Labute approximate surface area is 118 Å². The molecule has 0 aliphatic carbocycles. The summed E-state index contributed by atoms with van der Waals surface area (Å²) in [5.74, 6) is -0.118. The van der Waals surface area contributed by atoms with Crippen LogP contribution in [0.3, 0.4) is 0 Å². The van der Waals surface area contributed by atoms with Crippen LogP contribution in [0.15, 0.2) is 48.5 Å². The summed E-state index contributed by atoms with van der Waals surface area (Å²) in [5, 5.41) is 14.6. The molecule has 2 aromatic rings. The predicted molar refractivity (Wildman–Crippen MR) is 78.3 cm³/mol. The van der Waals surface area contributed by atoms with Crippen molar-refractivity contribution in [2.75, 3.05) is 12.4 Å². The highest BCUT2D eigenvalue weighted by molar-refractivity contribution is 5.99. The van der Waals surface area contributed by atoms with Gasteiger partial charge in [0.15, 0.2) is 0 Å². The van der Waals surface area contributed by atoms with E-state index in [1.165, 1.54) is 0 Å². The van der Waals surface area contributed by atoms with Gasteiger partial charge in [-0.15, -0.1) is 0 Å². The van der Waals surface area contributed by atoms with Gasteiger partial charge in [-0.2, -0.15) is 5.26 Å². The number of para-hydroxylation sites is 1. The molecular formula is C16H15N3O. The highest BCUT2D eigenvalue weighted by atomic mass is 16.1. The van der Waals surface area contributed by atoms with E-state index in [0.717, 1.165) is 11.3 Å². The normalized spacial score (nSPS) is 9.60. The molecule has 0 aliphatic rings. The Bertz CT molecular complexity index is 642. The molecule has 0 aromatic heterocycles. The fourth-order valence-corrected chi connectivity index (χ4v) is 1.86. The van der Waals surface area contributed by atoms with Gasteiger partial charge in [0.2, 0.25) is 0 Å². The minimum Gasteiger partial charge on any atom is -0.380 e. The second-order valence-corrected chi connectivity index (χ2v) is 4.29. The Kier molecular flexibility index (Phi) is 4.35. The third-order valence-electron chi connectivity index (χ3n) is 2.96. The van der Waals surface area contributed by atoms with Crippen molar-refractivity contribution in [1.82, 2.24) is 5.32 Å². The standard InChI is InChI=1S/C16H15N3O/c1-18-16(20)14-4-2-3-5-15(14)19-11-13-8-6-12(10-17)7-9-13/h2-9,19H,11H2,1H3,(H,18,20). The molecule has 100 valence electrons. The third-order valence-corrected chi connectivity index (χ3v) is 2.96. The van der Waals surface area contributed by atoms with Gasteiger partial charge >= 0.3 is 0 Å². The van der Waals surface area contributed by atoms with Crippen molar-refractivity contribution in [3.8, 4) is 6.07 Å². The first kappa shape index (κ1) is 13.6. The number of nitriles is 1. The monoisotopic (exact) mass is 265 g/mol. The lowest BCUT2D eigenvalue weighted by atomic mass is 10.1. The minimum atomic E-state index is -0.118. The largest absolute Gasteiger partial charge is 0.380 e. The maximum atomic E-state index is 11.7. The number of hydrogen-bond acceptors (Lipinski definition) is 3. The summed E-state index contributed by atoms with van der Waals surface area (Å²) in [7, 11) is 1.61. The van der Waals surface area contributed by atoms with Crippen molar-refractivity contribution < 1.29 is 4.79 Å². The number of benzene rings is 2. The van der Waals surface area contributed by atoms with Crippen molar-refractivity contribution in [1.29, 1.82) is 5.26 Å². The third kappa shape index (κ3) is 3.15. The van der Waals surface area contributed by atoms with E-state index in [2.05, 4.69) is 16.7 Å². The Morgan fingerprint density at radius 3 is 2.50 bits per heavy atom. The first-order valence-electron chi connectivity index (χ1n) is 6.28. The fourth-order valence-electron chi connectivity index (χ4n) is 1.86. The summed E-state index contributed by atoms with van der Waals surface area (Å²) in [6.07, 6.45) is 0. The van der Waals surface area contributed by atoms with Gasteiger partial charge in [-0.1, -0.05) is 24.3 Å².